The van der Waals surface area contributed by atoms with Gasteiger partial charge in [-0.05, 0) is 55.7 Å². The average molecular weight is 471 g/mol. The van der Waals surface area contributed by atoms with Crippen molar-refractivity contribution in [1.82, 2.24) is 9.62 Å². The third kappa shape index (κ3) is 5.09. The summed E-state index contributed by atoms with van der Waals surface area (Å²) in [6, 6.07) is 11.6. The average Bonchev–Trinajstić information content (AvgIpc) is 2.75. The van der Waals surface area contributed by atoms with Crippen LogP contribution < -0.4 is 10.1 Å². The standard InChI is InChI=1S/C21H24Cl2N2O4S/c1-14(15-5-8-18(29-2)9-6-15)24-21(26)16-4-3-11-25(13-16)30(27,28)20-12-17(22)7-10-19(20)23/h5-10,12,14,16H,3-4,11,13H2,1-2H3,(H,24,26). The Bertz CT molecular complexity index is 1010. The molecule has 2 unspecified atom stereocenters. The van der Waals surface area contributed by atoms with E-state index in [1.54, 1.807) is 7.11 Å². The van der Waals surface area contributed by atoms with Gasteiger partial charge >= 0.3 is 0 Å². The molecule has 1 heterocycles. The fourth-order valence-electron chi connectivity index (χ4n) is 3.50. The van der Waals surface area contributed by atoms with E-state index < -0.39 is 15.9 Å². The highest BCUT2D eigenvalue weighted by Gasteiger charge is 2.34. The van der Waals surface area contributed by atoms with Crippen molar-refractivity contribution >= 4 is 39.1 Å². The third-order valence-corrected chi connectivity index (χ3v) is 7.82. The summed E-state index contributed by atoms with van der Waals surface area (Å²) in [5.74, 6) is 0.132. The van der Waals surface area contributed by atoms with Crippen LogP contribution in [0.25, 0.3) is 0 Å². The number of nitrogens with one attached hydrogen (secondary N) is 1. The van der Waals surface area contributed by atoms with Crippen LogP contribution in [0.2, 0.25) is 10.0 Å². The highest BCUT2D eigenvalue weighted by molar-refractivity contribution is 7.89. The molecule has 2 aromatic carbocycles. The van der Waals surface area contributed by atoms with Gasteiger partial charge < -0.3 is 10.1 Å². The number of amides is 1. The Morgan fingerprint density at radius 1 is 1.20 bits per heavy atom. The molecule has 0 aliphatic carbocycles. The predicted octanol–water partition coefficient (Wildman–Crippen LogP) is 4.28. The molecule has 0 saturated carbocycles. The van der Waals surface area contributed by atoms with Crippen molar-refractivity contribution < 1.29 is 17.9 Å². The van der Waals surface area contributed by atoms with Crippen LogP contribution in [0, 0.1) is 5.92 Å². The molecule has 1 aliphatic rings. The molecule has 2 aromatic rings. The zero-order valence-electron chi connectivity index (χ0n) is 16.8. The van der Waals surface area contributed by atoms with Gasteiger partial charge in [-0.3, -0.25) is 4.79 Å². The molecule has 30 heavy (non-hydrogen) atoms. The van der Waals surface area contributed by atoms with Crippen molar-refractivity contribution in [3.05, 3.63) is 58.1 Å². The molecule has 1 N–H and O–H groups in total. The van der Waals surface area contributed by atoms with Crippen molar-refractivity contribution in [1.29, 1.82) is 0 Å². The van der Waals surface area contributed by atoms with Gasteiger partial charge in [0, 0.05) is 18.1 Å². The minimum Gasteiger partial charge on any atom is -0.497 e. The Morgan fingerprint density at radius 3 is 2.57 bits per heavy atom. The van der Waals surface area contributed by atoms with Crippen LogP contribution in [-0.4, -0.2) is 38.8 Å². The molecular weight excluding hydrogens is 447 g/mol. The number of carbonyl (C=O) groups excluding carboxylic acids is 1. The van der Waals surface area contributed by atoms with Gasteiger partial charge in [-0.1, -0.05) is 35.3 Å². The maximum absolute atomic E-state index is 13.1. The number of carbonyl (C=O) groups is 1. The monoisotopic (exact) mass is 470 g/mol. The number of ether oxygens (including phenoxy) is 1. The van der Waals surface area contributed by atoms with Gasteiger partial charge in [-0.15, -0.1) is 0 Å². The van der Waals surface area contributed by atoms with E-state index in [1.807, 2.05) is 31.2 Å². The summed E-state index contributed by atoms with van der Waals surface area (Å²) in [6.45, 7) is 2.33. The lowest BCUT2D eigenvalue weighted by atomic mass is 9.98. The summed E-state index contributed by atoms with van der Waals surface area (Å²) in [7, 11) is -2.25. The molecular formula is C21H24Cl2N2O4S. The molecule has 0 aromatic heterocycles. The second-order valence-electron chi connectivity index (χ2n) is 7.28. The van der Waals surface area contributed by atoms with Gasteiger partial charge in [0.2, 0.25) is 15.9 Å². The molecule has 1 aliphatic heterocycles. The first-order valence-electron chi connectivity index (χ1n) is 9.62. The SMILES string of the molecule is COc1ccc(C(C)NC(=O)C2CCCN(S(=O)(=O)c3cc(Cl)ccc3Cl)C2)cc1. The Balaban J connectivity index is 1.70. The van der Waals surface area contributed by atoms with E-state index >= 15 is 0 Å². The van der Waals surface area contributed by atoms with E-state index in [-0.39, 0.29) is 33.4 Å². The molecule has 0 bridgehead atoms. The lowest BCUT2D eigenvalue weighted by molar-refractivity contribution is -0.126. The van der Waals surface area contributed by atoms with Crippen LogP contribution in [0.15, 0.2) is 47.4 Å². The lowest BCUT2D eigenvalue weighted by Crippen LogP contribution is -2.45. The fourth-order valence-corrected chi connectivity index (χ4v) is 5.76. The molecule has 6 nitrogen and oxygen atoms in total. The number of hydrogen-bond donors (Lipinski definition) is 1. The minimum absolute atomic E-state index is 0.0377. The molecule has 2 atom stereocenters. The summed E-state index contributed by atoms with van der Waals surface area (Å²) in [5, 5.41) is 3.39. The molecule has 1 saturated heterocycles. The highest BCUT2D eigenvalue weighted by Crippen LogP contribution is 2.30. The van der Waals surface area contributed by atoms with Gasteiger partial charge in [0.15, 0.2) is 0 Å². The van der Waals surface area contributed by atoms with Gasteiger partial charge in [-0.25, -0.2) is 8.42 Å². The van der Waals surface area contributed by atoms with Gasteiger partial charge in [0.1, 0.15) is 10.6 Å². The van der Waals surface area contributed by atoms with E-state index in [4.69, 9.17) is 27.9 Å². The van der Waals surface area contributed by atoms with Crippen LogP contribution in [0.4, 0.5) is 0 Å². The van der Waals surface area contributed by atoms with Crippen molar-refractivity contribution in [3.8, 4) is 5.75 Å². The number of piperidine rings is 1. The minimum atomic E-state index is -3.85. The first-order valence-corrected chi connectivity index (χ1v) is 11.8. The molecule has 1 amide bonds. The molecule has 3 rings (SSSR count). The molecule has 9 heteroatoms. The van der Waals surface area contributed by atoms with Gasteiger partial charge in [0.05, 0.1) is 24.1 Å². The fraction of sp³-hybridized carbons (Fsp3) is 0.381. The van der Waals surface area contributed by atoms with E-state index in [0.29, 0.717) is 19.4 Å². The normalized spacial score (nSPS) is 18.6. The van der Waals surface area contributed by atoms with E-state index in [1.165, 1.54) is 22.5 Å². The molecule has 162 valence electrons. The highest BCUT2D eigenvalue weighted by atomic mass is 35.5. The number of benzene rings is 2. The van der Waals surface area contributed by atoms with Gasteiger partial charge in [-0.2, -0.15) is 4.31 Å². The van der Waals surface area contributed by atoms with E-state index in [0.717, 1.165) is 11.3 Å². The Morgan fingerprint density at radius 2 is 1.90 bits per heavy atom. The Hall–Kier alpha value is -1.80. The van der Waals surface area contributed by atoms with E-state index in [9.17, 15) is 13.2 Å². The smallest absolute Gasteiger partial charge is 0.244 e. The summed E-state index contributed by atoms with van der Waals surface area (Å²) in [4.78, 5) is 12.8. The first-order chi connectivity index (χ1) is 14.2. The van der Waals surface area contributed by atoms with Crippen LogP contribution in [-0.2, 0) is 14.8 Å². The Labute approximate surface area is 187 Å². The number of halogens is 2. The lowest BCUT2D eigenvalue weighted by Gasteiger charge is -2.32. The third-order valence-electron chi connectivity index (χ3n) is 5.24. The van der Waals surface area contributed by atoms with Crippen molar-refractivity contribution in [2.45, 2.75) is 30.7 Å². The number of hydrogen-bond acceptors (Lipinski definition) is 4. The summed E-state index contributed by atoms with van der Waals surface area (Å²) in [5.41, 5.74) is 0.940. The van der Waals surface area contributed by atoms with Crippen molar-refractivity contribution in [2.24, 2.45) is 5.92 Å². The van der Waals surface area contributed by atoms with E-state index in [2.05, 4.69) is 5.32 Å². The van der Waals surface area contributed by atoms with Crippen LogP contribution in [0.3, 0.4) is 0 Å². The quantitative estimate of drug-likeness (QED) is 0.683. The largest absolute Gasteiger partial charge is 0.497 e. The van der Waals surface area contributed by atoms with Gasteiger partial charge in [0.25, 0.3) is 0 Å². The second kappa shape index (κ2) is 9.56. The Kier molecular flexibility index (Phi) is 7.29. The maximum Gasteiger partial charge on any atom is 0.244 e. The number of sulfonamides is 1. The van der Waals surface area contributed by atoms with Crippen LogP contribution in [0.5, 0.6) is 5.75 Å². The first kappa shape index (κ1) is 22.9. The topological polar surface area (TPSA) is 75.7 Å². The van der Waals surface area contributed by atoms with Crippen molar-refractivity contribution in [2.75, 3.05) is 20.2 Å². The zero-order valence-corrected chi connectivity index (χ0v) is 19.1. The van der Waals surface area contributed by atoms with Crippen LogP contribution in [0.1, 0.15) is 31.4 Å². The predicted molar refractivity (Wildman–Crippen MR) is 117 cm³/mol. The number of nitrogens with zero attached hydrogens (tertiary/aromatic N) is 1. The second-order valence-corrected chi connectivity index (χ2v) is 10.0. The summed E-state index contributed by atoms with van der Waals surface area (Å²) < 4.78 is 32.6. The molecule has 1 fully saturated rings. The number of methoxy groups -OCH3 is 1. The maximum atomic E-state index is 13.1. The molecule has 0 spiro atoms. The van der Waals surface area contributed by atoms with Crippen LogP contribution >= 0.6 is 23.2 Å². The summed E-state index contributed by atoms with van der Waals surface area (Å²) in [6.07, 6.45) is 1.21. The number of rotatable bonds is 6. The molecule has 0 radical (unpaired) electrons. The van der Waals surface area contributed by atoms with Crippen molar-refractivity contribution in [3.63, 3.8) is 0 Å². The summed E-state index contributed by atoms with van der Waals surface area (Å²) >= 11 is 12.1. The zero-order chi connectivity index (χ0) is 21.9.